The molecule has 0 amide bonds. The van der Waals surface area contributed by atoms with Gasteiger partial charge in [0.05, 0.1) is 0 Å². The van der Waals surface area contributed by atoms with E-state index in [9.17, 15) is 4.79 Å². The molecule has 0 radical (unpaired) electrons. The highest BCUT2D eigenvalue weighted by Crippen LogP contribution is 2.68. The van der Waals surface area contributed by atoms with Crippen LogP contribution < -0.4 is 0 Å². The number of aldehydes is 1. The largest absolute Gasteiger partial charge is 0.303 e. The van der Waals surface area contributed by atoms with Crippen LogP contribution in [0.2, 0.25) is 0 Å². The summed E-state index contributed by atoms with van der Waals surface area (Å²) in [6.45, 7) is 2.32. The summed E-state index contributed by atoms with van der Waals surface area (Å²) in [5, 5.41) is 0. The summed E-state index contributed by atoms with van der Waals surface area (Å²) in [6, 6.07) is 0. The summed E-state index contributed by atoms with van der Waals surface area (Å²) in [5.41, 5.74) is 0. The predicted molar refractivity (Wildman–Crippen MR) is 58.0 cm³/mol. The minimum atomic E-state index is 0.393. The van der Waals surface area contributed by atoms with Crippen molar-refractivity contribution in [2.75, 3.05) is 0 Å². The molecule has 4 rings (SSSR count). The van der Waals surface area contributed by atoms with Gasteiger partial charge >= 0.3 is 0 Å². The molecule has 4 aliphatic carbocycles. The van der Waals surface area contributed by atoms with Crippen LogP contribution in [0.25, 0.3) is 0 Å². The van der Waals surface area contributed by atoms with Gasteiger partial charge in [0.1, 0.15) is 6.29 Å². The third-order valence-electron chi connectivity index (χ3n) is 6.05. The molecule has 80 valence electrons. The Kier molecular flexibility index (Phi) is 1.46. The molecule has 4 bridgehead atoms. The van der Waals surface area contributed by atoms with Crippen LogP contribution in [-0.2, 0) is 4.79 Å². The second-order valence-electron chi connectivity index (χ2n) is 6.24. The molecule has 3 saturated carbocycles. The van der Waals surface area contributed by atoms with Crippen molar-refractivity contribution in [3.63, 3.8) is 0 Å². The van der Waals surface area contributed by atoms with Crippen LogP contribution in [0.5, 0.6) is 0 Å². The van der Waals surface area contributed by atoms with Gasteiger partial charge in [-0.15, -0.1) is 0 Å². The van der Waals surface area contributed by atoms with E-state index in [4.69, 9.17) is 0 Å². The number of allylic oxidation sites excluding steroid dienone is 2. The second-order valence-corrected chi connectivity index (χ2v) is 6.24. The van der Waals surface area contributed by atoms with Gasteiger partial charge in [0.15, 0.2) is 0 Å². The third-order valence-corrected chi connectivity index (χ3v) is 6.05. The summed E-state index contributed by atoms with van der Waals surface area (Å²) >= 11 is 0. The lowest BCUT2D eigenvalue weighted by Gasteiger charge is -2.38. The van der Waals surface area contributed by atoms with Gasteiger partial charge in [0.2, 0.25) is 0 Å². The molecule has 0 aromatic carbocycles. The van der Waals surface area contributed by atoms with Crippen molar-refractivity contribution >= 4 is 6.29 Å². The zero-order valence-electron chi connectivity index (χ0n) is 9.17. The summed E-state index contributed by atoms with van der Waals surface area (Å²) < 4.78 is 0. The summed E-state index contributed by atoms with van der Waals surface area (Å²) in [6.07, 6.45) is 8.94. The average Bonchev–Trinajstić information content (AvgIpc) is 2.94. The van der Waals surface area contributed by atoms with Crippen molar-refractivity contribution in [1.29, 1.82) is 0 Å². The molecule has 0 saturated heterocycles. The van der Waals surface area contributed by atoms with Crippen LogP contribution in [0.3, 0.4) is 0 Å². The zero-order valence-corrected chi connectivity index (χ0v) is 9.17. The van der Waals surface area contributed by atoms with Crippen molar-refractivity contribution in [3.05, 3.63) is 12.2 Å². The maximum Gasteiger partial charge on any atom is 0.123 e. The first kappa shape index (κ1) is 8.55. The molecule has 8 atom stereocenters. The summed E-state index contributed by atoms with van der Waals surface area (Å²) in [4.78, 5) is 11.2. The van der Waals surface area contributed by atoms with Crippen LogP contribution in [0, 0.1) is 47.3 Å². The maximum absolute atomic E-state index is 11.2. The molecular weight excluding hydrogens is 184 g/mol. The van der Waals surface area contributed by atoms with E-state index >= 15 is 0 Å². The number of hydrogen-bond donors (Lipinski definition) is 0. The van der Waals surface area contributed by atoms with Crippen molar-refractivity contribution in [3.8, 4) is 0 Å². The Hall–Kier alpha value is -0.590. The Morgan fingerprint density at radius 3 is 2.40 bits per heavy atom. The molecule has 0 N–H and O–H groups in total. The Bertz CT molecular complexity index is 345. The Morgan fingerprint density at radius 2 is 1.73 bits per heavy atom. The molecule has 0 unspecified atom stereocenters. The molecule has 3 fully saturated rings. The average molecular weight is 202 g/mol. The third kappa shape index (κ3) is 0.811. The number of carbonyl (C=O) groups excluding carboxylic acids is 1. The molecule has 0 aromatic rings. The lowest BCUT2D eigenvalue weighted by Crippen LogP contribution is -2.36. The minimum absolute atomic E-state index is 0.393. The Morgan fingerprint density at radius 1 is 1.07 bits per heavy atom. The van der Waals surface area contributed by atoms with Gasteiger partial charge < -0.3 is 4.79 Å². The lowest BCUT2D eigenvalue weighted by atomic mass is 9.66. The van der Waals surface area contributed by atoms with Gasteiger partial charge in [-0.3, -0.25) is 0 Å². The topological polar surface area (TPSA) is 17.1 Å². The highest BCUT2D eigenvalue weighted by molar-refractivity contribution is 5.56. The molecule has 15 heavy (non-hydrogen) atoms. The van der Waals surface area contributed by atoms with E-state index in [1.807, 2.05) is 0 Å². The fourth-order valence-corrected chi connectivity index (χ4v) is 5.61. The van der Waals surface area contributed by atoms with Crippen molar-refractivity contribution in [2.24, 2.45) is 47.3 Å². The Labute approximate surface area is 90.9 Å². The Balaban J connectivity index is 1.76. The number of fused-ring (bicyclic) bond motifs is 9. The van der Waals surface area contributed by atoms with E-state index in [-0.39, 0.29) is 0 Å². The van der Waals surface area contributed by atoms with Crippen LogP contribution in [0.1, 0.15) is 19.8 Å². The van der Waals surface area contributed by atoms with Gasteiger partial charge in [0.25, 0.3) is 0 Å². The van der Waals surface area contributed by atoms with Gasteiger partial charge in [-0.1, -0.05) is 19.1 Å². The summed E-state index contributed by atoms with van der Waals surface area (Å²) in [5.74, 6) is 6.23. The normalized spacial score (nSPS) is 63.8. The second kappa shape index (κ2) is 2.56. The predicted octanol–water partition coefficient (Wildman–Crippen LogP) is 2.53. The summed E-state index contributed by atoms with van der Waals surface area (Å²) in [7, 11) is 0. The maximum atomic E-state index is 11.2. The highest BCUT2D eigenvalue weighted by atomic mass is 16.1. The van der Waals surface area contributed by atoms with Crippen molar-refractivity contribution in [1.82, 2.24) is 0 Å². The van der Waals surface area contributed by atoms with Crippen LogP contribution in [0.15, 0.2) is 12.2 Å². The molecule has 4 aliphatic rings. The van der Waals surface area contributed by atoms with E-state index in [1.54, 1.807) is 0 Å². The highest BCUT2D eigenvalue weighted by Gasteiger charge is 2.63. The quantitative estimate of drug-likeness (QED) is 0.363. The van der Waals surface area contributed by atoms with E-state index in [0.717, 1.165) is 35.5 Å². The molecule has 0 heterocycles. The van der Waals surface area contributed by atoms with Gasteiger partial charge in [-0.25, -0.2) is 0 Å². The SMILES string of the molecule is C[C@H]1[C@@H](C=O)[C@@H]2C[C@@H]1[C@@H]1[C@@H]2[C@H]2C=C[C@H]1C2. The first-order valence-electron chi connectivity index (χ1n) is 6.45. The standard InChI is InChI=1S/C14H18O/c1-7-10-5-11(12(7)6-15)14-9-3-2-8(4-9)13(10)14/h2-3,6-14H,4-5H2,1H3/t7-,8+,9+,10+,11+,12-,13-,14-/m1/s1. The van der Waals surface area contributed by atoms with Crippen molar-refractivity contribution in [2.45, 2.75) is 19.8 Å². The van der Waals surface area contributed by atoms with E-state index in [2.05, 4.69) is 19.1 Å². The fraction of sp³-hybridized carbons (Fsp3) is 0.786. The smallest absolute Gasteiger partial charge is 0.123 e. The van der Waals surface area contributed by atoms with Gasteiger partial charge in [-0.05, 0) is 54.3 Å². The molecule has 1 heteroatoms. The number of rotatable bonds is 1. The number of hydrogen-bond acceptors (Lipinski definition) is 1. The lowest BCUT2D eigenvalue weighted by molar-refractivity contribution is -0.115. The van der Waals surface area contributed by atoms with Gasteiger partial charge in [-0.2, -0.15) is 0 Å². The molecule has 0 spiro atoms. The zero-order chi connectivity index (χ0) is 10.2. The monoisotopic (exact) mass is 202 g/mol. The first-order chi connectivity index (χ1) is 7.31. The molecule has 0 aliphatic heterocycles. The van der Waals surface area contributed by atoms with Crippen LogP contribution >= 0.6 is 0 Å². The van der Waals surface area contributed by atoms with Gasteiger partial charge in [0, 0.05) is 5.92 Å². The molecular formula is C14H18O. The van der Waals surface area contributed by atoms with E-state index < -0.39 is 0 Å². The number of carbonyl (C=O) groups is 1. The van der Waals surface area contributed by atoms with E-state index in [1.165, 1.54) is 19.1 Å². The fourth-order valence-electron chi connectivity index (χ4n) is 5.61. The van der Waals surface area contributed by atoms with Crippen LogP contribution in [-0.4, -0.2) is 6.29 Å². The first-order valence-corrected chi connectivity index (χ1v) is 6.45. The molecule has 0 aromatic heterocycles. The molecule has 1 nitrogen and oxygen atoms in total. The minimum Gasteiger partial charge on any atom is -0.303 e. The van der Waals surface area contributed by atoms with Crippen LogP contribution in [0.4, 0.5) is 0 Å². The van der Waals surface area contributed by atoms with E-state index in [0.29, 0.717) is 11.8 Å². The van der Waals surface area contributed by atoms with Crippen molar-refractivity contribution < 1.29 is 4.79 Å².